The Morgan fingerprint density at radius 1 is 1.32 bits per heavy atom. The van der Waals surface area contributed by atoms with Crippen LogP contribution in [0.15, 0.2) is 6.07 Å². The highest BCUT2D eigenvalue weighted by atomic mass is 16.6. The van der Waals surface area contributed by atoms with E-state index in [-0.39, 0.29) is 13.4 Å². The second-order valence-electron chi connectivity index (χ2n) is 6.34. The molecule has 7 heteroatoms. The Morgan fingerprint density at radius 3 is 2.56 bits per heavy atom. The number of aryl methyl sites for hydroxylation is 1. The number of methoxy groups -OCH3 is 1. The maximum atomic E-state index is 11.9. The summed E-state index contributed by atoms with van der Waals surface area (Å²) in [5.74, 6) is 1.58. The molecule has 1 aromatic heterocycles. The van der Waals surface area contributed by atoms with Gasteiger partial charge in [-0.25, -0.2) is 9.78 Å². The van der Waals surface area contributed by atoms with Crippen molar-refractivity contribution in [2.24, 2.45) is 0 Å². The second kappa shape index (κ2) is 7.99. The van der Waals surface area contributed by atoms with Gasteiger partial charge in [0.1, 0.15) is 11.6 Å². The molecule has 1 saturated heterocycles. The summed E-state index contributed by atoms with van der Waals surface area (Å²) in [6.07, 6.45) is 3.63. The molecule has 0 radical (unpaired) electrons. The quantitative estimate of drug-likeness (QED) is 0.729. The van der Waals surface area contributed by atoms with Gasteiger partial charge in [0, 0.05) is 38.6 Å². The van der Waals surface area contributed by atoms with Crippen LogP contribution < -0.4 is 9.64 Å². The second-order valence-corrected chi connectivity index (χ2v) is 6.34. The highest BCUT2D eigenvalue weighted by Crippen LogP contribution is 2.41. The molecule has 0 N–H and O–H groups in total. The minimum atomic E-state index is -0.852. The van der Waals surface area contributed by atoms with Gasteiger partial charge >= 0.3 is 5.97 Å². The van der Waals surface area contributed by atoms with Gasteiger partial charge in [-0.05, 0) is 26.7 Å². The number of esters is 1. The number of ether oxygens (including phenoxy) is 3. The van der Waals surface area contributed by atoms with E-state index in [4.69, 9.17) is 14.2 Å². The molecule has 2 fully saturated rings. The van der Waals surface area contributed by atoms with Crippen molar-refractivity contribution < 1.29 is 19.0 Å². The van der Waals surface area contributed by atoms with Gasteiger partial charge in [0.2, 0.25) is 11.5 Å². The molecule has 0 unspecified atom stereocenters. The molecule has 1 aromatic rings. The lowest BCUT2D eigenvalue weighted by Crippen LogP contribution is -2.37. The predicted molar refractivity (Wildman–Crippen MR) is 95.0 cm³/mol. The van der Waals surface area contributed by atoms with E-state index in [1.54, 1.807) is 0 Å². The lowest BCUT2D eigenvalue weighted by Gasteiger charge is -2.32. The zero-order valence-electron chi connectivity index (χ0n) is 14.6. The standard InChI is InChI=1S/C17H25N3O4.CH4/c1-4-23-13-5-9-20(10-6-13)14-11-15(19-12(2)18-14)24-17(7-8-17)16(21)22-3;/h11,13H,4-10H2,1-3H3;1H4. The molecular formula is C18H29N3O4. The van der Waals surface area contributed by atoms with Crippen LogP contribution in [0.5, 0.6) is 5.88 Å². The van der Waals surface area contributed by atoms with Gasteiger partial charge in [-0.3, -0.25) is 0 Å². The molecule has 0 amide bonds. The maximum absolute atomic E-state index is 11.9. The molecule has 1 saturated carbocycles. The fraction of sp³-hybridized carbons (Fsp3) is 0.722. The van der Waals surface area contributed by atoms with Crippen LogP contribution >= 0.6 is 0 Å². The number of rotatable bonds is 6. The van der Waals surface area contributed by atoms with Crippen LogP contribution in [0, 0.1) is 6.92 Å². The van der Waals surface area contributed by atoms with Crippen molar-refractivity contribution in [2.75, 3.05) is 31.7 Å². The molecule has 0 atom stereocenters. The monoisotopic (exact) mass is 351 g/mol. The number of piperidine rings is 1. The lowest BCUT2D eigenvalue weighted by atomic mass is 10.1. The van der Waals surface area contributed by atoms with Crippen LogP contribution in [-0.2, 0) is 14.3 Å². The van der Waals surface area contributed by atoms with Crippen molar-refractivity contribution in [3.63, 3.8) is 0 Å². The fourth-order valence-corrected chi connectivity index (χ4v) is 3.07. The summed E-state index contributed by atoms with van der Waals surface area (Å²) in [5.41, 5.74) is -0.852. The molecule has 1 aliphatic heterocycles. The zero-order valence-corrected chi connectivity index (χ0v) is 14.6. The first-order chi connectivity index (χ1) is 11.6. The van der Waals surface area contributed by atoms with E-state index in [1.165, 1.54) is 7.11 Å². The van der Waals surface area contributed by atoms with E-state index in [0.717, 1.165) is 38.4 Å². The Morgan fingerprint density at radius 2 is 2.00 bits per heavy atom. The van der Waals surface area contributed by atoms with Gasteiger partial charge in [0.15, 0.2) is 0 Å². The highest BCUT2D eigenvalue weighted by molar-refractivity contribution is 5.83. The summed E-state index contributed by atoms with van der Waals surface area (Å²) in [4.78, 5) is 22.9. The average Bonchev–Trinajstić information content (AvgIpc) is 3.35. The lowest BCUT2D eigenvalue weighted by molar-refractivity contribution is -0.151. The molecule has 7 nitrogen and oxygen atoms in total. The molecule has 0 bridgehead atoms. The van der Waals surface area contributed by atoms with Crippen LogP contribution in [0.4, 0.5) is 5.82 Å². The largest absolute Gasteiger partial charge is 0.466 e. The zero-order chi connectivity index (χ0) is 17.2. The van der Waals surface area contributed by atoms with E-state index in [9.17, 15) is 4.79 Å². The van der Waals surface area contributed by atoms with Gasteiger partial charge in [-0.1, -0.05) is 7.43 Å². The van der Waals surface area contributed by atoms with E-state index < -0.39 is 5.60 Å². The number of carbonyl (C=O) groups excluding carboxylic acids is 1. The highest BCUT2D eigenvalue weighted by Gasteiger charge is 2.54. The Kier molecular flexibility index (Phi) is 6.21. The third kappa shape index (κ3) is 4.39. The van der Waals surface area contributed by atoms with Crippen molar-refractivity contribution >= 4 is 11.8 Å². The first kappa shape index (κ1) is 19.4. The van der Waals surface area contributed by atoms with Crippen LogP contribution in [0.25, 0.3) is 0 Å². The molecular weight excluding hydrogens is 322 g/mol. The summed E-state index contributed by atoms with van der Waals surface area (Å²) < 4.78 is 16.4. The molecule has 3 rings (SSSR count). The predicted octanol–water partition coefficient (Wildman–Crippen LogP) is 2.51. The topological polar surface area (TPSA) is 73.8 Å². The van der Waals surface area contributed by atoms with E-state index >= 15 is 0 Å². The van der Waals surface area contributed by atoms with Crippen molar-refractivity contribution in [3.8, 4) is 5.88 Å². The van der Waals surface area contributed by atoms with Crippen LogP contribution in [0.1, 0.15) is 45.9 Å². The summed E-state index contributed by atoms with van der Waals surface area (Å²) in [6.45, 7) is 6.40. The number of hydrogen-bond acceptors (Lipinski definition) is 7. The summed E-state index contributed by atoms with van der Waals surface area (Å²) in [7, 11) is 1.38. The molecule has 2 heterocycles. The van der Waals surface area contributed by atoms with Gasteiger partial charge < -0.3 is 19.1 Å². The SMILES string of the molecule is C.CCOC1CCN(c2cc(OC3(C(=O)OC)CC3)nc(C)n2)CC1. The normalized spacial score (nSPS) is 19.1. The smallest absolute Gasteiger partial charge is 0.350 e. The fourth-order valence-electron chi connectivity index (χ4n) is 3.07. The maximum Gasteiger partial charge on any atom is 0.350 e. The minimum Gasteiger partial charge on any atom is -0.466 e. The van der Waals surface area contributed by atoms with Crippen LogP contribution in [0.2, 0.25) is 0 Å². The molecule has 0 aromatic carbocycles. The Bertz CT molecular complexity index is 596. The van der Waals surface area contributed by atoms with Crippen molar-refractivity contribution in [3.05, 3.63) is 11.9 Å². The summed E-state index contributed by atoms with van der Waals surface area (Å²) in [6, 6.07) is 1.82. The van der Waals surface area contributed by atoms with E-state index in [1.807, 2.05) is 19.9 Å². The summed E-state index contributed by atoms with van der Waals surface area (Å²) >= 11 is 0. The number of carbonyl (C=O) groups is 1. The van der Waals surface area contributed by atoms with Gasteiger partial charge in [-0.15, -0.1) is 0 Å². The molecule has 1 aliphatic carbocycles. The van der Waals surface area contributed by atoms with Gasteiger partial charge in [0.05, 0.1) is 13.2 Å². The average molecular weight is 351 g/mol. The van der Waals surface area contributed by atoms with E-state index in [2.05, 4.69) is 14.9 Å². The Hall–Kier alpha value is -1.89. The summed E-state index contributed by atoms with van der Waals surface area (Å²) in [5, 5.41) is 0. The molecule has 0 spiro atoms. The Labute approximate surface area is 149 Å². The number of nitrogens with zero attached hydrogens (tertiary/aromatic N) is 3. The van der Waals surface area contributed by atoms with Gasteiger partial charge in [-0.2, -0.15) is 4.98 Å². The third-order valence-electron chi connectivity index (χ3n) is 4.53. The minimum absolute atomic E-state index is 0. The third-order valence-corrected chi connectivity index (χ3v) is 4.53. The first-order valence-electron chi connectivity index (χ1n) is 8.56. The van der Waals surface area contributed by atoms with Crippen molar-refractivity contribution in [1.82, 2.24) is 9.97 Å². The van der Waals surface area contributed by atoms with E-state index in [0.29, 0.717) is 30.7 Å². The molecule has 2 aliphatic rings. The van der Waals surface area contributed by atoms with Crippen LogP contribution in [0.3, 0.4) is 0 Å². The first-order valence-corrected chi connectivity index (χ1v) is 8.56. The van der Waals surface area contributed by atoms with Gasteiger partial charge in [0.25, 0.3) is 0 Å². The number of hydrogen-bond donors (Lipinski definition) is 0. The van der Waals surface area contributed by atoms with Crippen molar-refractivity contribution in [2.45, 2.75) is 58.7 Å². The number of aromatic nitrogens is 2. The number of anilines is 1. The molecule has 25 heavy (non-hydrogen) atoms. The van der Waals surface area contributed by atoms with Crippen LogP contribution in [-0.4, -0.2) is 54.4 Å². The Balaban J connectivity index is 0.00000225. The molecule has 140 valence electrons. The van der Waals surface area contributed by atoms with Crippen molar-refractivity contribution in [1.29, 1.82) is 0 Å².